The SMILES string of the molecule is OC(c1c(Cl)ccc2c1ccn2P=S)C1CCCN(Cc2ccccc2)C1. The van der Waals surface area contributed by atoms with Crippen molar-refractivity contribution in [3.63, 3.8) is 0 Å². The van der Waals surface area contributed by atoms with Crippen LogP contribution in [0.3, 0.4) is 0 Å². The highest BCUT2D eigenvalue weighted by Crippen LogP contribution is 2.39. The predicted molar refractivity (Wildman–Crippen MR) is 116 cm³/mol. The van der Waals surface area contributed by atoms with E-state index in [1.165, 1.54) is 5.56 Å². The van der Waals surface area contributed by atoms with Crippen LogP contribution in [-0.2, 0) is 18.4 Å². The molecule has 1 fully saturated rings. The zero-order chi connectivity index (χ0) is 18.8. The summed E-state index contributed by atoms with van der Waals surface area (Å²) in [4.78, 5) is 2.44. The minimum absolute atomic E-state index is 0.176. The standard InChI is InChI=1S/C21H22ClN2OPS/c22-18-8-9-19-17(10-12-24(19)26-27)20(18)21(25)16-7-4-11-23(14-16)13-15-5-2-1-3-6-15/h1-3,5-6,8-10,12,16,21,25H,4,7,11,13-14H2. The first-order chi connectivity index (χ1) is 13.2. The van der Waals surface area contributed by atoms with E-state index in [1.807, 2.05) is 34.8 Å². The molecular formula is C21H22ClN2OPS. The van der Waals surface area contributed by atoms with Crippen molar-refractivity contribution in [3.8, 4) is 0 Å². The number of aliphatic hydroxyl groups excluding tert-OH is 1. The molecule has 2 heterocycles. The third-order valence-corrected chi connectivity index (χ3v) is 6.84. The highest BCUT2D eigenvalue weighted by atomic mass is 35.5. The molecule has 1 aliphatic heterocycles. The first kappa shape index (κ1) is 19.0. The Balaban J connectivity index is 1.58. The van der Waals surface area contributed by atoms with E-state index in [1.54, 1.807) is 0 Å². The van der Waals surface area contributed by atoms with Gasteiger partial charge >= 0.3 is 0 Å². The molecule has 140 valence electrons. The molecule has 1 aromatic heterocycles. The summed E-state index contributed by atoms with van der Waals surface area (Å²) < 4.78 is 1.99. The number of benzene rings is 2. The molecule has 2 unspecified atom stereocenters. The molecule has 0 radical (unpaired) electrons. The van der Waals surface area contributed by atoms with Crippen LogP contribution in [0.1, 0.15) is 30.1 Å². The Labute approximate surface area is 171 Å². The van der Waals surface area contributed by atoms with Crippen molar-refractivity contribution < 1.29 is 5.11 Å². The van der Waals surface area contributed by atoms with Gasteiger partial charge in [0.15, 0.2) is 0 Å². The number of nitrogens with zero attached hydrogens (tertiary/aromatic N) is 2. The Hall–Kier alpha value is -1.29. The maximum absolute atomic E-state index is 11.2. The Morgan fingerprint density at radius 2 is 2.00 bits per heavy atom. The second-order valence-electron chi connectivity index (χ2n) is 7.20. The molecule has 4 rings (SSSR count). The maximum Gasteiger partial charge on any atom is 0.0980 e. The van der Waals surface area contributed by atoms with E-state index >= 15 is 0 Å². The van der Waals surface area contributed by atoms with E-state index in [0.717, 1.165) is 56.4 Å². The van der Waals surface area contributed by atoms with Crippen LogP contribution < -0.4 is 0 Å². The van der Waals surface area contributed by atoms with Crippen molar-refractivity contribution in [3.05, 3.63) is 70.9 Å². The van der Waals surface area contributed by atoms with E-state index in [0.29, 0.717) is 5.02 Å². The molecule has 0 aliphatic carbocycles. The summed E-state index contributed by atoms with van der Waals surface area (Å²) in [6.07, 6.45) is 3.50. The number of rotatable bonds is 5. The second kappa shape index (κ2) is 8.38. The third-order valence-electron chi connectivity index (χ3n) is 5.46. The minimum atomic E-state index is -0.572. The highest BCUT2D eigenvalue weighted by Gasteiger charge is 2.29. The van der Waals surface area contributed by atoms with Gasteiger partial charge in [-0.1, -0.05) is 41.9 Å². The van der Waals surface area contributed by atoms with Crippen LogP contribution in [0, 0.1) is 5.92 Å². The molecule has 0 bridgehead atoms. The Morgan fingerprint density at radius 1 is 1.19 bits per heavy atom. The Morgan fingerprint density at radius 3 is 2.78 bits per heavy atom. The molecule has 2 atom stereocenters. The van der Waals surface area contributed by atoms with Crippen LogP contribution in [0.25, 0.3) is 10.9 Å². The molecule has 2 aromatic carbocycles. The lowest BCUT2D eigenvalue weighted by Crippen LogP contribution is -2.37. The van der Waals surface area contributed by atoms with Gasteiger partial charge in [-0.15, -0.1) is 0 Å². The molecule has 6 heteroatoms. The van der Waals surface area contributed by atoms with Gasteiger partial charge in [0.2, 0.25) is 0 Å². The molecule has 1 N–H and O–H groups in total. The first-order valence-electron chi connectivity index (χ1n) is 9.25. The van der Waals surface area contributed by atoms with Gasteiger partial charge in [-0.05, 0) is 55.0 Å². The van der Waals surface area contributed by atoms with Gasteiger partial charge in [0.1, 0.15) is 0 Å². The number of aliphatic hydroxyl groups is 1. The topological polar surface area (TPSA) is 28.4 Å². The lowest BCUT2D eigenvalue weighted by molar-refractivity contribution is 0.0485. The predicted octanol–water partition coefficient (Wildman–Crippen LogP) is 5.41. The number of fused-ring (bicyclic) bond motifs is 1. The summed E-state index contributed by atoms with van der Waals surface area (Å²) in [6, 6.07) is 16.4. The fourth-order valence-electron chi connectivity index (χ4n) is 4.14. The third kappa shape index (κ3) is 3.96. The molecular weight excluding hydrogens is 395 g/mol. The number of hydrogen-bond acceptors (Lipinski definition) is 3. The normalized spacial score (nSPS) is 19.6. The molecule has 0 amide bonds. The first-order valence-corrected chi connectivity index (χ1v) is 11.5. The fourth-order valence-corrected chi connectivity index (χ4v) is 5.23. The number of aromatic nitrogens is 1. The van der Waals surface area contributed by atoms with Crippen molar-refractivity contribution in [1.29, 1.82) is 0 Å². The monoisotopic (exact) mass is 416 g/mol. The molecule has 1 aliphatic rings. The number of likely N-dealkylation sites (tertiary alicyclic amines) is 1. The lowest BCUT2D eigenvalue weighted by Gasteiger charge is -2.35. The van der Waals surface area contributed by atoms with Crippen LogP contribution in [-0.4, -0.2) is 27.4 Å². The zero-order valence-electron chi connectivity index (χ0n) is 15.0. The molecule has 3 aromatic rings. The lowest BCUT2D eigenvalue weighted by atomic mass is 9.87. The van der Waals surface area contributed by atoms with Crippen molar-refractivity contribution >= 4 is 41.8 Å². The molecule has 1 saturated heterocycles. The van der Waals surface area contributed by atoms with Crippen LogP contribution in [0.15, 0.2) is 54.7 Å². The van der Waals surface area contributed by atoms with Gasteiger partial charge in [0.05, 0.1) is 19.1 Å². The van der Waals surface area contributed by atoms with Gasteiger partial charge in [0.25, 0.3) is 0 Å². The van der Waals surface area contributed by atoms with Crippen LogP contribution in [0.2, 0.25) is 5.02 Å². The summed E-state index contributed by atoms with van der Waals surface area (Å²) in [5.74, 6) is 0.176. The average molecular weight is 417 g/mol. The van der Waals surface area contributed by atoms with Crippen LogP contribution >= 0.6 is 19.1 Å². The van der Waals surface area contributed by atoms with E-state index in [-0.39, 0.29) is 5.92 Å². The van der Waals surface area contributed by atoms with Crippen molar-refractivity contribution in [2.75, 3.05) is 13.1 Å². The minimum Gasteiger partial charge on any atom is -0.388 e. The fraction of sp³-hybridized carbons (Fsp3) is 0.333. The smallest absolute Gasteiger partial charge is 0.0980 e. The van der Waals surface area contributed by atoms with E-state index in [2.05, 4.69) is 29.2 Å². The Kier molecular flexibility index (Phi) is 5.91. The quantitative estimate of drug-likeness (QED) is 0.563. The van der Waals surface area contributed by atoms with Gasteiger partial charge in [-0.25, -0.2) is 0 Å². The van der Waals surface area contributed by atoms with Crippen molar-refractivity contribution in [1.82, 2.24) is 9.24 Å². The van der Waals surface area contributed by atoms with E-state index in [9.17, 15) is 5.11 Å². The summed E-state index contributed by atoms with van der Waals surface area (Å²) in [7, 11) is 0.742. The Bertz CT molecular complexity index is 946. The summed E-state index contributed by atoms with van der Waals surface area (Å²) in [5.41, 5.74) is 3.19. The highest BCUT2D eigenvalue weighted by molar-refractivity contribution is 7.95. The molecule has 0 saturated carbocycles. The van der Waals surface area contributed by atoms with Crippen molar-refractivity contribution in [2.24, 2.45) is 5.92 Å². The van der Waals surface area contributed by atoms with Crippen LogP contribution in [0.5, 0.6) is 0 Å². The number of halogens is 1. The van der Waals surface area contributed by atoms with Gasteiger partial charge in [-0.2, -0.15) is 0 Å². The molecule has 27 heavy (non-hydrogen) atoms. The van der Waals surface area contributed by atoms with Crippen LogP contribution in [0.4, 0.5) is 0 Å². The summed E-state index contributed by atoms with van der Waals surface area (Å²) in [6.45, 7) is 2.87. The summed E-state index contributed by atoms with van der Waals surface area (Å²) in [5, 5.41) is 12.9. The van der Waals surface area contributed by atoms with Crippen molar-refractivity contribution in [2.45, 2.75) is 25.5 Å². The van der Waals surface area contributed by atoms with E-state index in [4.69, 9.17) is 23.4 Å². The van der Waals surface area contributed by atoms with E-state index < -0.39 is 6.10 Å². The van der Waals surface area contributed by atoms with Gasteiger partial charge in [-0.3, -0.25) is 9.24 Å². The second-order valence-corrected chi connectivity index (χ2v) is 8.70. The van der Waals surface area contributed by atoms with Gasteiger partial charge in [0, 0.05) is 41.2 Å². The largest absolute Gasteiger partial charge is 0.388 e. The average Bonchev–Trinajstić information content (AvgIpc) is 3.11. The summed E-state index contributed by atoms with van der Waals surface area (Å²) >= 11 is 11.7. The molecule has 0 spiro atoms. The number of hydrogen-bond donors (Lipinski definition) is 1. The molecule has 3 nitrogen and oxygen atoms in total. The maximum atomic E-state index is 11.2. The zero-order valence-corrected chi connectivity index (χ0v) is 17.4. The number of piperidine rings is 1. The van der Waals surface area contributed by atoms with Gasteiger partial charge < -0.3 is 5.11 Å².